The monoisotopic (exact) mass is 330 g/mol. The Morgan fingerprint density at radius 2 is 1.83 bits per heavy atom. The van der Waals surface area contributed by atoms with E-state index in [4.69, 9.17) is 0 Å². The molecule has 0 amide bonds. The average molecular weight is 331 g/mol. The van der Waals surface area contributed by atoms with Crippen LogP contribution in [-0.2, 0) is 4.79 Å². The van der Waals surface area contributed by atoms with Crippen molar-refractivity contribution in [3.8, 4) is 0 Å². The van der Waals surface area contributed by atoms with Gasteiger partial charge in [-0.05, 0) is 60.7 Å². The molecule has 0 aromatic heterocycles. The van der Waals surface area contributed by atoms with E-state index in [0.29, 0.717) is 24.0 Å². The second kappa shape index (κ2) is 4.55. The van der Waals surface area contributed by atoms with Crippen molar-refractivity contribution in [2.45, 2.75) is 79.8 Å². The predicted octanol–water partition coefficient (Wildman–Crippen LogP) is 4.76. The first-order chi connectivity index (χ1) is 11.0. The number of hydrogen-bond donors (Lipinski definition) is 1. The summed E-state index contributed by atoms with van der Waals surface area (Å²) in [5.41, 5.74) is 1.04. The predicted molar refractivity (Wildman–Crippen MR) is 96.4 cm³/mol. The number of hydrogen-bond acceptors (Lipinski definition) is 2. The van der Waals surface area contributed by atoms with E-state index in [0.717, 1.165) is 12.8 Å². The lowest BCUT2D eigenvalue weighted by Gasteiger charge is -2.72. The molecule has 2 heteroatoms. The smallest absolute Gasteiger partial charge is 0.141 e. The molecule has 0 bridgehead atoms. The van der Waals surface area contributed by atoms with Crippen LogP contribution in [-0.4, -0.2) is 17.0 Å². The molecule has 0 aliphatic heterocycles. The van der Waals surface area contributed by atoms with Crippen LogP contribution in [0.5, 0.6) is 0 Å². The first-order valence-electron chi connectivity index (χ1n) is 9.90. The summed E-state index contributed by atoms with van der Waals surface area (Å²) in [7, 11) is 0. The molecule has 3 saturated carbocycles. The molecule has 0 unspecified atom stereocenters. The minimum Gasteiger partial charge on any atom is -0.393 e. The van der Waals surface area contributed by atoms with Crippen molar-refractivity contribution in [2.75, 3.05) is 0 Å². The van der Waals surface area contributed by atoms with Gasteiger partial charge in [0.1, 0.15) is 5.78 Å². The third-order valence-electron chi connectivity index (χ3n) is 10.1. The number of carbonyl (C=O) groups is 1. The SMILES string of the molecule is CC1=CC[C@@H]2[C@@H](C)CC[C@]3(C)C[C@@H](O)[C@@]4(C)CC(=O)[C@H]1[C@@]4(C)[C@@]23C. The zero-order chi connectivity index (χ0) is 17.7. The number of aliphatic hydroxyl groups excluding tert-OH is 1. The van der Waals surface area contributed by atoms with Gasteiger partial charge in [-0.25, -0.2) is 0 Å². The first kappa shape index (κ1) is 16.8. The van der Waals surface area contributed by atoms with E-state index in [1.807, 2.05) is 0 Å². The van der Waals surface area contributed by atoms with Gasteiger partial charge in [-0.3, -0.25) is 4.79 Å². The van der Waals surface area contributed by atoms with Crippen molar-refractivity contribution in [1.29, 1.82) is 0 Å². The minimum absolute atomic E-state index is 0.00271. The fourth-order valence-corrected chi connectivity index (χ4v) is 8.27. The van der Waals surface area contributed by atoms with E-state index in [2.05, 4.69) is 47.6 Å². The highest BCUT2D eigenvalue weighted by molar-refractivity contribution is 5.89. The largest absolute Gasteiger partial charge is 0.393 e. The first-order valence-corrected chi connectivity index (χ1v) is 9.90. The van der Waals surface area contributed by atoms with Crippen LogP contribution in [0.4, 0.5) is 0 Å². The summed E-state index contributed by atoms with van der Waals surface area (Å²) < 4.78 is 0. The Hall–Kier alpha value is -0.630. The molecule has 2 nitrogen and oxygen atoms in total. The quantitative estimate of drug-likeness (QED) is 0.650. The van der Waals surface area contributed by atoms with Crippen molar-refractivity contribution in [3.05, 3.63) is 11.6 Å². The molecule has 0 saturated heterocycles. The maximum Gasteiger partial charge on any atom is 0.141 e. The maximum absolute atomic E-state index is 13.2. The third kappa shape index (κ3) is 1.48. The zero-order valence-electron chi connectivity index (χ0n) is 16.3. The van der Waals surface area contributed by atoms with Gasteiger partial charge in [0.15, 0.2) is 0 Å². The molecule has 0 aromatic carbocycles. The second-order valence-corrected chi connectivity index (χ2v) is 10.5. The van der Waals surface area contributed by atoms with Crippen LogP contribution in [0.3, 0.4) is 0 Å². The molecule has 0 aromatic rings. The summed E-state index contributed by atoms with van der Waals surface area (Å²) in [4.78, 5) is 13.2. The summed E-state index contributed by atoms with van der Waals surface area (Å²) in [5, 5.41) is 11.2. The molecule has 4 rings (SSSR count). The molecule has 1 N–H and O–H groups in total. The van der Waals surface area contributed by atoms with Gasteiger partial charge >= 0.3 is 0 Å². The molecule has 4 aliphatic rings. The van der Waals surface area contributed by atoms with Crippen LogP contribution in [0.1, 0.15) is 73.6 Å². The molecule has 8 atom stereocenters. The summed E-state index contributed by atoms with van der Waals surface area (Å²) in [5.74, 6) is 1.67. The average Bonchev–Trinajstić information content (AvgIpc) is 2.65. The van der Waals surface area contributed by atoms with Gasteiger partial charge < -0.3 is 5.11 Å². The molecule has 0 heterocycles. The van der Waals surface area contributed by atoms with Crippen molar-refractivity contribution < 1.29 is 9.90 Å². The van der Waals surface area contributed by atoms with E-state index < -0.39 is 0 Å². The van der Waals surface area contributed by atoms with Crippen LogP contribution in [0.15, 0.2) is 11.6 Å². The van der Waals surface area contributed by atoms with Gasteiger partial charge in [0.25, 0.3) is 0 Å². The standard InChI is InChI=1S/C22H34O2/c1-13-9-10-19(3)12-17(24)20(4)11-16(23)18-14(2)7-8-15(13)21(19,5)22(18,20)6/h7,13,15,17-18,24H,8-12H2,1-6H3/t13-,15+,17+,18-,19+,20+,21-,22+/m0/s1. The highest BCUT2D eigenvalue weighted by atomic mass is 16.3. The number of rotatable bonds is 0. The van der Waals surface area contributed by atoms with E-state index in [-0.39, 0.29) is 33.7 Å². The van der Waals surface area contributed by atoms with E-state index in [1.54, 1.807) is 0 Å². The Morgan fingerprint density at radius 3 is 2.50 bits per heavy atom. The molecular formula is C22H34O2. The van der Waals surface area contributed by atoms with Gasteiger partial charge in [0.05, 0.1) is 6.10 Å². The summed E-state index contributed by atoms with van der Waals surface area (Å²) >= 11 is 0. The normalized spacial score (nSPS) is 59.6. The molecule has 0 spiro atoms. The summed E-state index contributed by atoms with van der Waals surface area (Å²) in [6, 6.07) is 0. The maximum atomic E-state index is 13.2. The van der Waals surface area contributed by atoms with Crippen LogP contribution in [0.2, 0.25) is 0 Å². The topological polar surface area (TPSA) is 37.3 Å². The fraction of sp³-hybridized carbons (Fsp3) is 0.864. The Labute approximate surface area is 147 Å². The Morgan fingerprint density at radius 1 is 1.17 bits per heavy atom. The van der Waals surface area contributed by atoms with Crippen molar-refractivity contribution >= 4 is 5.78 Å². The number of Topliss-reactive ketones (excluding diaryl/α,β-unsaturated/α-hetero) is 1. The molecule has 24 heavy (non-hydrogen) atoms. The summed E-state index contributed by atoms with van der Waals surface area (Å²) in [6.07, 6.45) is 6.96. The Bertz CT molecular complexity index is 636. The minimum atomic E-state index is -0.366. The number of ketones is 1. The third-order valence-corrected chi connectivity index (χ3v) is 10.1. The van der Waals surface area contributed by atoms with Gasteiger partial charge in [0, 0.05) is 17.8 Å². The number of aliphatic hydroxyl groups is 1. The lowest BCUT2D eigenvalue weighted by Crippen LogP contribution is -2.69. The molecular weight excluding hydrogens is 296 g/mol. The van der Waals surface area contributed by atoms with Crippen LogP contribution < -0.4 is 0 Å². The lowest BCUT2D eigenvalue weighted by atomic mass is 9.32. The Balaban J connectivity index is 2.05. The van der Waals surface area contributed by atoms with Gasteiger partial charge in [0.2, 0.25) is 0 Å². The highest BCUT2D eigenvalue weighted by Crippen LogP contribution is 2.80. The van der Waals surface area contributed by atoms with Gasteiger partial charge in [-0.15, -0.1) is 0 Å². The zero-order valence-corrected chi connectivity index (χ0v) is 16.3. The van der Waals surface area contributed by atoms with E-state index >= 15 is 0 Å². The summed E-state index contributed by atoms with van der Waals surface area (Å²) in [6.45, 7) is 14.1. The van der Waals surface area contributed by atoms with Gasteiger partial charge in [-0.2, -0.15) is 0 Å². The van der Waals surface area contributed by atoms with Crippen LogP contribution in [0, 0.1) is 39.4 Å². The van der Waals surface area contributed by atoms with Crippen molar-refractivity contribution in [2.24, 2.45) is 39.4 Å². The fourth-order valence-electron chi connectivity index (χ4n) is 8.27. The number of allylic oxidation sites excluding steroid dienone is 2. The molecule has 0 radical (unpaired) electrons. The van der Waals surface area contributed by atoms with E-state index in [1.165, 1.54) is 18.4 Å². The molecule has 134 valence electrons. The Kier molecular flexibility index (Phi) is 3.19. The lowest BCUT2D eigenvalue weighted by molar-refractivity contribution is -0.266. The van der Waals surface area contributed by atoms with Gasteiger partial charge in [-0.1, -0.05) is 46.3 Å². The van der Waals surface area contributed by atoms with Crippen LogP contribution >= 0.6 is 0 Å². The second-order valence-electron chi connectivity index (χ2n) is 10.5. The molecule has 3 fully saturated rings. The number of carbonyl (C=O) groups excluding carboxylic acids is 1. The van der Waals surface area contributed by atoms with E-state index in [9.17, 15) is 9.90 Å². The van der Waals surface area contributed by atoms with Crippen LogP contribution in [0.25, 0.3) is 0 Å². The molecule has 4 aliphatic carbocycles. The van der Waals surface area contributed by atoms with Crippen molar-refractivity contribution in [1.82, 2.24) is 0 Å². The van der Waals surface area contributed by atoms with Crippen molar-refractivity contribution in [3.63, 3.8) is 0 Å². The highest BCUT2D eigenvalue weighted by Gasteiger charge is 2.77.